The highest BCUT2D eigenvalue weighted by atomic mass is 16.6. The molecular weight excluding hydrogens is 562 g/mol. The Morgan fingerprint density at radius 3 is 1.87 bits per heavy atom. The molecule has 6 heteroatoms. The zero-order valence-electron chi connectivity index (χ0n) is 28.7. The van der Waals surface area contributed by atoms with Crippen molar-refractivity contribution in [1.29, 1.82) is 0 Å². The van der Waals surface area contributed by atoms with Crippen LogP contribution in [0.1, 0.15) is 109 Å². The van der Waals surface area contributed by atoms with Gasteiger partial charge in [0.2, 0.25) is 0 Å². The summed E-state index contributed by atoms with van der Waals surface area (Å²) in [5.74, 6) is 0. The Morgan fingerprint density at radius 2 is 1.22 bits per heavy atom. The molecule has 0 amide bonds. The highest BCUT2D eigenvalue weighted by molar-refractivity contribution is 5.84. The zero-order valence-corrected chi connectivity index (χ0v) is 28.7. The lowest BCUT2D eigenvalue weighted by atomic mass is 9.96. The van der Waals surface area contributed by atoms with Gasteiger partial charge in [-0.15, -0.1) is 0 Å². The molecule has 45 heavy (non-hydrogen) atoms. The Kier molecular flexibility index (Phi) is 15.4. The number of aromatic nitrogens is 1. The van der Waals surface area contributed by atoms with Crippen LogP contribution in [0.4, 0.5) is 0 Å². The van der Waals surface area contributed by atoms with E-state index in [1.165, 1.54) is 22.1 Å². The first-order chi connectivity index (χ1) is 22.1. The summed E-state index contributed by atoms with van der Waals surface area (Å²) in [4.78, 5) is 0. The standard InChI is InChI=1S/C39H59NO5/c1-6-11-23-41-29-35-36(42-24-12-7-2)37(43-25-13-8-3)38(44-26-14-9-4)39(45-35)40-28-32(33-17-15-16-18-34(33)40)27-31-21-19-30(10-5)20-22-31/h15-22,28,35-39H,6-14,23-27,29H2,1-5H3/t35-,36-,37+,38-,39?/m1/s1. The molecule has 0 bridgehead atoms. The van der Waals surface area contributed by atoms with Gasteiger partial charge in [0.15, 0.2) is 6.23 Å². The monoisotopic (exact) mass is 621 g/mol. The summed E-state index contributed by atoms with van der Waals surface area (Å²) in [5.41, 5.74) is 5.10. The van der Waals surface area contributed by atoms with Crippen LogP contribution in [0.25, 0.3) is 10.9 Å². The minimum Gasteiger partial charge on any atom is -0.379 e. The van der Waals surface area contributed by atoms with Crippen molar-refractivity contribution in [1.82, 2.24) is 4.57 Å². The Morgan fingerprint density at radius 1 is 0.644 bits per heavy atom. The molecule has 1 fully saturated rings. The minimum absolute atomic E-state index is 0.267. The average Bonchev–Trinajstić information content (AvgIpc) is 3.43. The van der Waals surface area contributed by atoms with Crippen molar-refractivity contribution >= 4 is 10.9 Å². The number of hydrogen-bond acceptors (Lipinski definition) is 5. The molecule has 1 aliphatic heterocycles. The molecule has 1 aliphatic rings. The predicted molar refractivity (Wildman–Crippen MR) is 184 cm³/mol. The molecule has 2 heterocycles. The number of fused-ring (bicyclic) bond motifs is 1. The third-order valence-electron chi connectivity index (χ3n) is 8.88. The number of rotatable bonds is 21. The summed E-state index contributed by atoms with van der Waals surface area (Å²) >= 11 is 0. The van der Waals surface area contributed by atoms with Crippen LogP contribution in [0.3, 0.4) is 0 Å². The molecule has 1 aromatic heterocycles. The van der Waals surface area contributed by atoms with E-state index in [1.54, 1.807) is 0 Å². The van der Waals surface area contributed by atoms with Gasteiger partial charge in [0.1, 0.15) is 24.4 Å². The number of ether oxygens (including phenoxy) is 5. The van der Waals surface area contributed by atoms with Crippen molar-refractivity contribution in [2.24, 2.45) is 0 Å². The Labute approximate surface area is 272 Å². The predicted octanol–water partition coefficient (Wildman–Crippen LogP) is 9.06. The first kappa shape index (κ1) is 35.6. The van der Waals surface area contributed by atoms with Crippen molar-refractivity contribution in [3.05, 3.63) is 71.4 Å². The molecule has 0 saturated carbocycles. The van der Waals surface area contributed by atoms with E-state index >= 15 is 0 Å². The molecule has 0 aliphatic carbocycles. The average molecular weight is 622 g/mol. The smallest absolute Gasteiger partial charge is 0.163 e. The van der Waals surface area contributed by atoms with Crippen molar-refractivity contribution in [3.63, 3.8) is 0 Å². The summed E-state index contributed by atoms with van der Waals surface area (Å²) in [6.45, 7) is 14.2. The molecule has 0 spiro atoms. The molecule has 4 rings (SSSR count). The van der Waals surface area contributed by atoms with Crippen LogP contribution in [0.15, 0.2) is 54.7 Å². The van der Waals surface area contributed by atoms with E-state index in [1.807, 2.05) is 0 Å². The van der Waals surface area contributed by atoms with Gasteiger partial charge in [0.05, 0.1) is 12.1 Å². The largest absolute Gasteiger partial charge is 0.379 e. The fraction of sp³-hybridized carbons (Fsp3) is 0.641. The van der Waals surface area contributed by atoms with Gasteiger partial charge in [-0.2, -0.15) is 0 Å². The fourth-order valence-electron chi connectivity index (χ4n) is 6.10. The third-order valence-corrected chi connectivity index (χ3v) is 8.88. The maximum atomic E-state index is 7.09. The van der Waals surface area contributed by atoms with Crippen molar-refractivity contribution < 1.29 is 23.7 Å². The van der Waals surface area contributed by atoms with E-state index in [0.717, 1.165) is 69.7 Å². The van der Waals surface area contributed by atoms with Crippen molar-refractivity contribution in [2.45, 2.75) is 129 Å². The minimum atomic E-state index is -0.375. The molecule has 5 atom stereocenters. The van der Waals surface area contributed by atoms with Gasteiger partial charge in [-0.25, -0.2) is 0 Å². The van der Waals surface area contributed by atoms with Gasteiger partial charge in [-0.1, -0.05) is 103 Å². The van der Waals surface area contributed by atoms with Gasteiger partial charge in [-0.3, -0.25) is 0 Å². The Bertz CT molecular complexity index is 1220. The normalized spacial score (nSPS) is 21.9. The van der Waals surface area contributed by atoms with Crippen LogP contribution < -0.4 is 0 Å². The molecular formula is C39H59NO5. The van der Waals surface area contributed by atoms with Crippen LogP contribution in [0.5, 0.6) is 0 Å². The summed E-state index contributed by atoms with van der Waals surface area (Å²) in [5, 5.41) is 1.24. The number of nitrogens with zero attached hydrogens (tertiary/aromatic N) is 1. The van der Waals surface area contributed by atoms with Gasteiger partial charge in [0.25, 0.3) is 0 Å². The van der Waals surface area contributed by atoms with Gasteiger partial charge in [0, 0.05) is 38.0 Å². The summed E-state index contributed by atoms with van der Waals surface area (Å²) in [7, 11) is 0. The molecule has 0 N–H and O–H groups in total. The first-order valence-electron chi connectivity index (χ1n) is 17.9. The van der Waals surface area contributed by atoms with E-state index in [2.05, 4.69) is 93.9 Å². The SMILES string of the molecule is CCCCOC[C@H]1OC(n2cc(Cc3ccc(CC)cc3)c3ccccc32)[C@H](OCCCC)[C@@H](OCCCC)[C@@H]1OCCCC. The van der Waals surface area contributed by atoms with Gasteiger partial charge < -0.3 is 28.3 Å². The quantitative estimate of drug-likeness (QED) is 0.111. The fourth-order valence-corrected chi connectivity index (χ4v) is 6.10. The zero-order chi connectivity index (χ0) is 31.9. The van der Waals surface area contributed by atoms with Crippen molar-refractivity contribution in [2.75, 3.05) is 33.0 Å². The summed E-state index contributed by atoms with van der Waals surface area (Å²) in [6, 6.07) is 17.7. The van der Waals surface area contributed by atoms with Gasteiger partial charge in [-0.05, 0) is 61.3 Å². The topological polar surface area (TPSA) is 51.1 Å². The van der Waals surface area contributed by atoms with Crippen LogP contribution >= 0.6 is 0 Å². The molecule has 2 aromatic carbocycles. The second-order valence-corrected chi connectivity index (χ2v) is 12.5. The molecule has 0 radical (unpaired) electrons. The van der Waals surface area contributed by atoms with Crippen LogP contribution in [-0.4, -0.2) is 62.0 Å². The van der Waals surface area contributed by atoms with E-state index in [-0.39, 0.29) is 30.6 Å². The Balaban J connectivity index is 1.74. The molecule has 3 aromatic rings. The lowest BCUT2D eigenvalue weighted by molar-refractivity contribution is -0.283. The van der Waals surface area contributed by atoms with Gasteiger partial charge >= 0.3 is 0 Å². The summed E-state index contributed by atoms with van der Waals surface area (Å²) < 4.78 is 35.8. The highest BCUT2D eigenvalue weighted by Gasteiger charge is 2.49. The second-order valence-electron chi connectivity index (χ2n) is 12.5. The number of para-hydroxylation sites is 1. The molecule has 250 valence electrons. The lowest BCUT2D eigenvalue weighted by Crippen LogP contribution is -2.59. The number of hydrogen-bond donors (Lipinski definition) is 0. The number of benzene rings is 2. The van der Waals surface area contributed by atoms with E-state index in [0.29, 0.717) is 33.0 Å². The molecule has 1 saturated heterocycles. The maximum absolute atomic E-state index is 7.09. The maximum Gasteiger partial charge on any atom is 0.163 e. The molecule has 1 unspecified atom stereocenters. The highest BCUT2D eigenvalue weighted by Crippen LogP contribution is 2.38. The van der Waals surface area contributed by atoms with Crippen LogP contribution in [0.2, 0.25) is 0 Å². The number of unbranched alkanes of at least 4 members (excludes halogenated alkanes) is 4. The van der Waals surface area contributed by atoms with E-state index in [9.17, 15) is 0 Å². The van der Waals surface area contributed by atoms with Crippen LogP contribution in [-0.2, 0) is 36.5 Å². The summed E-state index contributed by atoms with van der Waals surface area (Å²) in [6.07, 6.45) is 11.0. The Hall–Kier alpha value is -2.22. The van der Waals surface area contributed by atoms with Crippen LogP contribution in [0, 0.1) is 0 Å². The van der Waals surface area contributed by atoms with E-state index < -0.39 is 0 Å². The second kappa shape index (κ2) is 19.4. The van der Waals surface area contributed by atoms with E-state index in [4.69, 9.17) is 23.7 Å². The first-order valence-corrected chi connectivity index (χ1v) is 17.9. The van der Waals surface area contributed by atoms with Crippen molar-refractivity contribution in [3.8, 4) is 0 Å². The lowest BCUT2D eigenvalue weighted by Gasteiger charge is -2.46. The number of aryl methyl sites for hydroxylation is 1. The third kappa shape index (κ3) is 9.89. The molecule has 6 nitrogen and oxygen atoms in total.